The lowest BCUT2D eigenvalue weighted by Gasteiger charge is -2.42. The summed E-state index contributed by atoms with van der Waals surface area (Å²) >= 11 is 0. The number of piperidine rings is 1. The molecule has 0 radical (unpaired) electrons. The summed E-state index contributed by atoms with van der Waals surface area (Å²) in [5, 5.41) is 9.40. The highest BCUT2D eigenvalue weighted by Crippen LogP contribution is 2.31. The van der Waals surface area contributed by atoms with E-state index in [9.17, 15) is 14.7 Å². The predicted molar refractivity (Wildman–Crippen MR) is 80.9 cm³/mol. The van der Waals surface area contributed by atoms with Crippen molar-refractivity contribution in [2.45, 2.75) is 39.2 Å². The molecule has 1 aromatic rings. The van der Waals surface area contributed by atoms with Crippen LogP contribution in [0.25, 0.3) is 0 Å². The minimum Gasteiger partial charge on any atom is -0.481 e. The lowest BCUT2D eigenvalue weighted by molar-refractivity contribution is -0.154. The SMILES string of the molecule is CC(CN1C(=O)CC(C)C(C(=O)O)C1C)c1ccccc1. The monoisotopic (exact) mass is 289 g/mol. The highest BCUT2D eigenvalue weighted by molar-refractivity contribution is 5.82. The maximum Gasteiger partial charge on any atom is 0.308 e. The quantitative estimate of drug-likeness (QED) is 0.927. The Bertz CT molecular complexity index is 514. The van der Waals surface area contributed by atoms with Crippen molar-refractivity contribution in [3.05, 3.63) is 35.9 Å². The number of hydrogen-bond acceptors (Lipinski definition) is 2. The number of hydrogen-bond donors (Lipinski definition) is 1. The number of carbonyl (C=O) groups excluding carboxylic acids is 1. The molecular formula is C17H23NO3. The van der Waals surface area contributed by atoms with Crippen molar-refractivity contribution in [1.29, 1.82) is 0 Å². The van der Waals surface area contributed by atoms with Gasteiger partial charge in [-0.1, -0.05) is 44.2 Å². The van der Waals surface area contributed by atoms with Crippen molar-refractivity contribution >= 4 is 11.9 Å². The highest BCUT2D eigenvalue weighted by atomic mass is 16.4. The molecule has 4 atom stereocenters. The zero-order chi connectivity index (χ0) is 15.6. The number of aliphatic carboxylic acids is 1. The van der Waals surface area contributed by atoms with Crippen LogP contribution in [0.15, 0.2) is 30.3 Å². The van der Waals surface area contributed by atoms with Gasteiger partial charge in [0.15, 0.2) is 0 Å². The molecule has 1 heterocycles. The van der Waals surface area contributed by atoms with Gasteiger partial charge in [-0.25, -0.2) is 0 Å². The third-order valence-corrected chi connectivity index (χ3v) is 4.57. The lowest BCUT2D eigenvalue weighted by atomic mass is 9.80. The molecule has 1 aliphatic rings. The van der Waals surface area contributed by atoms with E-state index in [4.69, 9.17) is 0 Å². The number of nitrogens with zero attached hydrogens (tertiary/aromatic N) is 1. The van der Waals surface area contributed by atoms with Crippen LogP contribution in [0, 0.1) is 11.8 Å². The van der Waals surface area contributed by atoms with Crippen LogP contribution in [-0.4, -0.2) is 34.5 Å². The maximum absolute atomic E-state index is 12.3. The molecule has 0 aliphatic carbocycles. The van der Waals surface area contributed by atoms with Gasteiger partial charge >= 0.3 is 5.97 Å². The first kappa shape index (κ1) is 15.5. The third kappa shape index (κ3) is 3.26. The van der Waals surface area contributed by atoms with E-state index in [0.717, 1.165) is 0 Å². The van der Waals surface area contributed by atoms with Gasteiger partial charge in [0.05, 0.1) is 5.92 Å². The maximum atomic E-state index is 12.3. The van der Waals surface area contributed by atoms with Crippen LogP contribution >= 0.6 is 0 Å². The van der Waals surface area contributed by atoms with Crippen LogP contribution in [-0.2, 0) is 9.59 Å². The molecule has 4 nitrogen and oxygen atoms in total. The van der Waals surface area contributed by atoms with Gasteiger partial charge in [0.1, 0.15) is 0 Å². The van der Waals surface area contributed by atoms with Crippen molar-refractivity contribution in [1.82, 2.24) is 4.90 Å². The zero-order valence-corrected chi connectivity index (χ0v) is 12.8. The van der Waals surface area contributed by atoms with Gasteiger partial charge < -0.3 is 10.0 Å². The van der Waals surface area contributed by atoms with Gasteiger partial charge in [-0.15, -0.1) is 0 Å². The number of carboxylic acids is 1. The van der Waals surface area contributed by atoms with Gasteiger partial charge in [-0.3, -0.25) is 9.59 Å². The summed E-state index contributed by atoms with van der Waals surface area (Å²) in [6.45, 7) is 6.35. The number of carboxylic acid groups (broad SMARTS) is 1. The molecule has 1 aromatic carbocycles. The van der Waals surface area contributed by atoms with E-state index in [1.807, 2.05) is 44.2 Å². The number of likely N-dealkylation sites (tertiary alicyclic amines) is 1. The molecule has 0 bridgehead atoms. The standard InChI is InChI=1S/C17H23NO3/c1-11-9-15(19)18(13(3)16(11)17(20)21)10-12(2)14-7-5-4-6-8-14/h4-8,11-13,16H,9-10H2,1-3H3,(H,20,21). The predicted octanol–water partition coefficient (Wildman–Crippen LogP) is 2.75. The van der Waals surface area contributed by atoms with Crippen LogP contribution in [0.4, 0.5) is 0 Å². The topological polar surface area (TPSA) is 57.6 Å². The first-order chi connectivity index (χ1) is 9.91. The van der Waals surface area contributed by atoms with Crippen molar-refractivity contribution in [2.24, 2.45) is 11.8 Å². The molecule has 1 saturated heterocycles. The third-order valence-electron chi connectivity index (χ3n) is 4.57. The molecule has 0 aromatic heterocycles. The minimum absolute atomic E-state index is 0.0651. The summed E-state index contributed by atoms with van der Waals surface area (Å²) in [4.78, 5) is 25.5. The Hall–Kier alpha value is -1.84. The van der Waals surface area contributed by atoms with E-state index in [1.165, 1.54) is 5.56 Å². The van der Waals surface area contributed by atoms with E-state index in [-0.39, 0.29) is 23.8 Å². The summed E-state index contributed by atoms with van der Waals surface area (Å²) in [5.41, 5.74) is 1.17. The Morgan fingerprint density at radius 3 is 2.52 bits per heavy atom. The molecule has 0 spiro atoms. The number of rotatable bonds is 4. The average Bonchev–Trinajstić information content (AvgIpc) is 2.43. The lowest BCUT2D eigenvalue weighted by Crippen LogP contribution is -2.53. The second-order valence-corrected chi connectivity index (χ2v) is 6.14. The van der Waals surface area contributed by atoms with E-state index in [0.29, 0.717) is 13.0 Å². The molecular weight excluding hydrogens is 266 g/mol. The Labute approximate surface area is 125 Å². The Morgan fingerprint density at radius 1 is 1.33 bits per heavy atom. The first-order valence-corrected chi connectivity index (χ1v) is 7.49. The van der Waals surface area contributed by atoms with Crippen LogP contribution < -0.4 is 0 Å². The molecule has 1 amide bonds. The van der Waals surface area contributed by atoms with Crippen LogP contribution in [0.5, 0.6) is 0 Å². The Kier molecular flexibility index (Phi) is 4.66. The van der Waals surface area contributed by atoms with Crippen LogP contribution in [0.2, 0.25) is 0 Å². The van der Waals surface area contributed by atoms with Crippen molar-refractivity contribution < 1.29 is 14.7 Å². The molecule has 1 N–H and O–H groups in total. The van der Waals surface area contributed by atoms with E-state index >= 15 is 0 Å². The molecule has 21 heavy (non-hydrogen) atoms. The molecule has 114 valence electrons. The molecule has 0 saturated carbocycles. The smallest absolute Gasteiger partial charge is 0.308 e. The average molecular weight is 289 g/mol. The minimum atomic E-state index is -0.806. The number of amides is 1. The fraction of sp³-hybridized carbons (Fsp3) is 0.529. The first-order valence-electron chi connectivity index (χ1n) is 7.49. The fourth-order valence-electron chi connectivity index (χ4n) is 3.32. The largest absolute Gasteiger partial charge is 0.481 e. The van der Waals surface area contributed by atoms with Crippen molar-refractivity contribution in [3.8, 4) is 0 Å². The number of carbonyl (C=O) groups is 2. The fourth-order valence-corrected chi connectivity index (χ4v) is 3.32. The van der Waals surface area contributed by atoms with Crippen LogP contribution in [0.1, 0.15) is 38.7 Å². The molecule has 1 aliphatic heterocycles. The summed E-state index contributed by atoms with van der Waals surface area (Å²) in [6.07, 6.45) is 0.322. The number of benzene rings is 1. The van der Waals surface area contributed by atoms with Gasteiger partial charge in [0, 0.05) is 19.0 Å². The second-order valence-electron chi connectivity index (χ2n) is 6.14. The summed E-state index contributed by atoms with van der Waals surface area (Å²) in [6, 6.07) is 9.75. The van der Waals surface area contributed by atoms with Crippen LogP contribution in [0.3, 0.4) is 0 Å². The highest BCUT2D eigenvalue weighted by Gasteiger charge is 2.41. The van der Waals surface area contributed by atoms with Gasteiger partial charge in [0.25, 0.3) is 0 Å². The van der Waals surface area contributed by atoms with Gasteiger partial charge in [-0.2, -0.15) is 0 Å². The van der Waals surface area contributed by atoms with E-state index in [1.54, 1.807) is 4.90 Å². The second kappa shape index (κ2) is 6.29. The Balaban J connectivity index is 2.14. The van der Waals surface area contributed by atoms with Gasteiger partial charge in [0.2, 0.25) is 5.91 Å². The molecule has 1 fully saturated rings. The van der Waals surface area contributed by atoms with E-state index in [2.05, 4.69) is 6.92 Å². The molecule has 2 rings (SSSR count). The van der Waals surface area contributed by atoms with Crippen molar-refractivity contribution in [2.75, 3.05) is 6.54 Å². The Morgan fingerprint density at radius 2 is 1.95 bits per heavy atom. The summed E-state index contributed by atoms with van der Waals surface area (Å²) < 4.78 is 0. The van der Waals surface area contributed by atoms with Gasteiger partial charge in [-0.05, 0) is 24.3 Å². The summed E-state index contributed by atoms with van der Waals surface area (Å²) in [7, 11) is 0. The molecule has 4 heteroatoms. The van der Waals surface area contributed by atoms with Crippen molar-refractivity contribution in [3.63, 3.8) is 0 Å². The summed E-state index contributed by atoms with van der Waals surface area (Å²) in [5.74, 6) is -1.13. The normalized spacial score (nSPS) is 27.5. The van der Waals surface area contributed by atoms with E-state index < -0.39 is 11.9 Å². The zero-order valence-electron chi connectivity index (χ0n) is 12.8. The molecule has 4 unspecified atom stereocenters.